The fourth-order valence-corrected chi connectivity index (χ4v) is 1.07. The predicted octanol–water partition coefficient (Wildman–Crippen LogP) is 0.758. The van der Waals surface area contributed by atoms with E-state index in [-0.39, 0.29) is 12.6 Å². The number of ether oxygens (including phenoxy) is 4. The lowest BCUT2D eigenvalue weighted by Gasteiger charge is -2.30. The summed E-state index contributed by atoms with van der Waals surface area (Å²) in [5, 5.41) is 0. The molecule has 0 spiro atoms. The Kier molecular flexibility index (Phi) is 4.53. The van der Waals surface area contributed by atoms with Crippen molar-refractivity contribution in [1.29, 1.82) is 0 Å². The summed E-state index contributed by atoms with van der Waals surface area (Å²) in [6.07, 6.45) is -0.715. The lowest BCUT2D eigenvalue weighted by Crippen LogP contribution is -2.42. The van der Waals surface area contributed by atoms with Gasteiger partial charge in [-0.3, -0.25) is 0 Å². The third-order valence-corrected chi connectivity index (χ3v) is 1.53. The maximum atomic E-state index is 5.31. The van der Waals surface area contributed by atoms with Crippen LogP contribution in [-0.2, 0) is 18.9 Å². The van der Waals surface area contributed by atoms with Gasteiger partial charge in [-0.15, -0.1) is 0 Å². The van der Waals surface area contributed by atoms with Crippen LogP contribution in [0.25, 0.3) is 0 Å². The van der Waals surface area contributed by atoms with Gasteiger partial charge in [0, 0.05) is 13.2 Å². The van der Waals surface area contributed by atoms with Crippen LogP contribution in [0.2, 0.25) is 0 Å². The van der Waals surface area contributed by atoms with E-state index in [4.69, 9.17) is 18.9 Å². The molecule has 0 N–H and O–H groups in total. The zero-order valence-corrected chi connectivity index (χ0v) is 7.62. The highest BCUT2D eigenvalue weighted by Gasteiger charge is 2.27. The Morgan fingerprint density at radius 2 is 1.42 bits per heavy atom. The minimum absolute atomic E-state index is 0.358. The second-order valence-electron chi connectivity index (χ2n) is 2.39. The van der Waals surface area contributed by atoms with Crippen molar-refractivity contribution in [3.63, 3.8) is 0 Å². The minimum Gasteiger partial charge on any atom is -0.348 e. The van der Waals surface area contributed by atoms with Gasteiger partial charge in [0.1, 0.15) is 0 Å². The molecule has 0 aromatic rings. The molecule has 0 aliphatic carbocycles. The van der Waals surface area contributed by atoms with Gasteiger partial charge in [-0.2, -0.15) is 0 Å². The van der Waals surface area contributed by atoms with E-state index in [2.05, 4.69) is 0 Å². The lowest BCUT2D eigenvalue weighted by atomic mass is 10.5. The highest BCUT2D eigenvalue weighted by molar-refractivity contribution is 4.56. The van der Waals surface area contributed by atoms with Gasteiger partial charge in [0.05, 0.1) is 13.2 Å². The normalized spacial score (nSPS) is 30.5. The first-order chi connectivity index (χ1) is 5.88. The van der Waals surface area contributed by atoms with E-state index in [0.717, 1.165) is 0 Å². The number of rotatable bonds is 4. The van der Waals surface area contributed by atoms with Crippen LogP contribution in [0.3, 0.4) is 0 Å². The summed E-state index contributed by atoms with van der Waals surface area (Å²) in [7, 11) is 0. The largest absolute Gasteiger partial charge is 0.348 e. The monoisotopic (exact) mass is 176 g/mol. The molecule has 4 nitrogen and oxygen atoms in total. The Labute approximate surface area is 72.7 Å². The summed E-state index contributed by atoms with van der Waals surface area (Å²) < 4.78 is 21.2. The highest BCUT2D eigenvalue weighted by atomic mass is 16.8. The Morgan fingerprint density at radius 3 is 1.75 bits per heavy atom. The van der Waals surface area contributed by atoms with E-state index in [1.807, 2.05) is 13.8 Å². The molecule has 0 amide bonds. The van der Waals surface area contributed by atoms with E-state index < -0.39 is 0 Å². The van der Waals surface area contributed by atoms with Gasteiger partial charge in [-0.05, 0) is 13.8 Å². The molecular weight excluding hydrogens is 160 g/mol. The molecule has 72 valence electrons. The molecule has 1 aliphatic heterocycles. The minimum atomic E-state index is -0.358. The summed E-state index contributed by atoms with van der Waals surface area (Å²) in [4.78, 5) is 0. The third-order valence-electron chi connectivity index (χ3n) is 1.53. The first-order valence-corrected chi connectivity index (χ1v) is 4.35. The Morgan fingerprint density at radius 1 is 1.00 bits per heavy atom. The average Bonchev–Trinajstić information content (AvgIpc) is 2.09. The van der Waals surface area contributed by atoms with Crippen molar-refractivity contribution in [3.05, 3.63) is 0 Å². The van der Waals surface area contributed by atoms with Crippen molar-refractivity contribution >= 4 is 0 Å². The molecule has 12 heavy (non-hydrogen) atoms. The van der Waals surface area contributed by atoms with Crippen LogP contribution >= 0.6 is 0 Å². The molecule has 0 aromatic carbocycles. The van der Waals surface area contributed by atoms with Gasteiger partial charge in [-0.1, -0.05) is 0 Å². The van der Waals surface area contributed by atoms with Crippen LogP contribution in [-0.4, -0.2) is 39.0 Å². The van der Waals surface area contributed by atoms with Crippen LogP contribution in [0.15, 0.2) is 0 Å². The zero-order valence-electron chi connectivity index (χ0n) is 7.62. The maximum Gasteiger partial charge on any atom is 0.209 e. The SMILES string of the molecule is CCOC1OCCOC1OCC. The van der Waals surface area contributed by atoms with Crippen LogP contribution < -0.4 is 0 Å². The quantitative estimate of drug-likeness (QED) is 0.633. The zero-order chi connectivity index (χ0) is 8.81. The van der Waals surface area contributed by atoms with Crippen molar-refractivity contribution in [1.82, 2.24) is 0 Å². The molecule has 2 unspecified atom stereocenters. The van der Waals surface area contributed by atoms with Gasteiger partial charge in [0.25, 0.3) is 0 Å². The second-order valence-corrected chi connectivity index (χ2v) is 2.39. The van der Waals surface area contributed by atoms with Gasteiger partial charge in [0.2, 0.25) is 12.6 Å². The average molecular weight is 176 g/mol. The lowest BCUT2D eigenvalue weighted by molar-refractivity contribution is -0.318. The van der Waals surface area contributed by atoms with Gasteiger partial charge in [0.15, 0.2) is 0 Å². The second kappa shape index (κ2) is 5.48. The van der Waals surface area contributed by atoms with E-state index in [1.54, 1.807) is 0 Å². The van der Waals surface area contributed by atoms with E-state index in [9.17, 15) is 0 Å². The van der Waals surface area contributed by atoms with Crippen molar-refractivity contribution in [3.8, 4) is 0 Å². The Hall–Kier alpha value is -0.160. The van der Waals surface area contributed by atoms with Crippen molar-refractivity contribution < 1.29 is 18.9 Å². The summed E-state index contributed by atoms with van der Waals surface area (Å²) in [5.41, 5.74) is 0. The van der Waals surface area contributed by atoms with Crippen molar-refractivity contribution in [2.24, 2.45) is 0 Å². The Bertz CT molecular complexity index is 99.6. The molecule has 1 aliphatic rings. The number of hydrogen-bond donors (Lipinski definition) is 0. The van der Waals surface area contributed by atoms with E-state index in [1.165, 1.54) is 0 Å². The standard InChI is InChI=1S/C8H16O4/c1-3-9-7-8(10-4-2)12-6-5-11-7/h7-8H,3-6H2,1-2H3. The van der Waals surface area contributed by atoms with Gasteiger partial charge in [-0.25, -0.2) is 0 Å². The molecule has 0 radical (unpaired) electrons. The molecule has 2 atom stereocenters. The third kappa shape index (κ3) is 2.71. The van der Waals surface area contributed by atoms with Gasteiger partial charge >= 0.3 is 0 Å². The fourth-order valence-electron chi connectivity index (χ4n) is 1.07. The highest BCUT2D eigenvalue weighted by Crippen LogP contribution is 2.12. The molecular formula is C8H16O4. The molecule has 1 heterocycles. The first-order valence-electron chi connectivity index (χ1n) is 4.35. The van der Waals surface area contributed by atoms with Crippen LogP contribution in [0.5, 0.6) is 0 Å². The first kappa shape index (κ1) is 9.92. The predicted molar refractivity (Wildman–Crippen MR) is 42.7 cm³/mol. The van der Waals surface area contributed by atoms with Crippen LogP contribution in [0, 0.1) is 0 Å². The summed E-state index contributed by atoms with van der Waals surface area (Å²) in [6, 6.07) is 0. The smallest absolute Gasteiger partial charge is 0.209 e. The molecule has 1 fully saturated rings. The molecule has 0 saturated carbocycles. The molecule has 0 bridgehead atoms. The maximum absolute atomic E-state index is 5.31. The van der Waals surface area contributed by atoms with Crippen LogP contribution in [0.4, 0.5) is 0 Å². The van der Waals surface area contributed by atoms with E-state index in [0.29, 0.717) is 26.4 Å². The molecule has 0 aromatic heterocycles. The van der Waals surface area contributed by atoms with Gasteiger partial charge < -0.3 is 18.9 Å². The molecule has 1 saturated heterocycles. The molecule has 4 heteroatoms. The Balaban J connectivity index is 2.31. The van der Waals surface area contributed by atoms with Crippen LogP contribution in [0.1, 0.15) is 13.8 Å². The van der Waals surface area contributed by atoms with E-state index >= 15 is 0 Å². The summed E-state index contributed by atoms with van der Waals surface area (Å²) in [6.45, 7) is 6.21. The summed E-state index contributed by atoms with van der Waals surface area (Å²) in [5.74, 6) is 0. The number of hydrogen-bond acceptors (Lipinski definition) is 4. The molecule has 1 rings (SSSR count). The topological polar surface area (TPSA) is 36.9 Å². The van der Waals surface area contributed by atoms with Crippen molar-refractivity contribution in [2.45, 2.75) is 26.4 Å². The summed E-state index contributed by atoms with van der Waals surface area (Å²) >= 11 is 0. The fraction of sp³-hybridized carbons (Fsp3) is 1.00. The van der Waals surface area contributed by atoms with Crippen molar-refractivity contribution in [2.75, 3.05) is 26.4 Å².